The van der Waals surface area contributed by atoms with E-state index in [0.29, 0.717) is 23.4 Å². The Kier molecular flexibility index (Phi) is 5.70. The molecule has 0 saturated carbocycles. The Hall–Kier alpha value is -2.15. The third kappa shape index (κ3) is 4.24. The molecule has 5 nitrogen and oxygen atoms in total. The summed E-state index contributed by atoms with van der Waals surface area (Å²) >= 11 is 0. The van der Waals surface area contributed by atoms with Crippen molar-refractivity contribution >= 4 is 18.9 Å². The molecule has 2 aromatic carbocycles. The molecular weight excluding hydrogens is 343 g/mol. The second-order valence-electron chi connectivity index (χ2n) is 7.56. The third-order valence-corrected chi connectivity index (χ3v) is 5.13. The monoisotopic (exact) mass is 368 g/mol. The molecule has 2 aromatic rings. The summed E-state index contributed by atoms with van der Waals surface area (Å²) in [6.45, 7) is 8.39. The quantitative estimate of drug-likeness (QED) is 0.325. The molecule has 3 rings (SSSR count). The van der Waals surface area contributed by atoms with E-state index in [1.165, 1.54) is 0 Å². The summed E-state index contributed by atoms with van der Waals surface area (Å²) < 4.78 is 23.6. The highest BCUT2D eigenvalue weighted by molar-refractivity contribution is 6.64. The van der Waals surface area contributed by atoms with Crippen LogP contribution in [0.5, 0.6) is 5.75 Å². The predicted molar refractivity (Wildman–Crippen MR) is 104 cm³/mol. The van der Waals surface area contributed by atoms with Crippen molar-refractivity contribution in [3.63, 3.8) is 0 Å². The first kappa shape index (κ1) is 19.6. The van der Waals surface area contributed by atoms with Gasteiger partial charge >= 0.3 is 7.12 Å². The molecule has 1 fully saturated rings. The average Bonchev–Trinajstić information content (AvgIpc) is 2.86. The zero-order chi connectivity index (χ0) is 19.5. The van der Waals surface area contributed by atoms with Crippen LogP contribution >= 0.6 is 0 Å². The summed E-state index contributed by atoms with van der Waals surface area (Å²) in [5.41, 5.74) is 1.13. The Labute approximate surface area is 160 Å². The summed E-state index contributed by atoms with van der Waals surface area (Å²) in [5.74, 6) is 0.520. The summed E-state index contributed by atoms with van der Waals surface area (Å²) in [6, 6.07) is 15.1. The van der Waals surface area contributed by atoms with E-state index >= 15 is 0 Å². The molecule has 0 aromatic heterocycles. The molecule has 0 N–H and O–H groups in total. The molecule has 6 heteroatoms. The fourth-order valence-corrected chi connectivity index (χ4v) is 2.84. The normalized spacial score (nSPS) is 17.7. The number of hydrogen-bond acceptors (Lipinski definition) is 5. The fourth-order valence-electron chi connectivity index (χ4n) is 2.84. The molecule has 0 unspecified atom stereocenters. The third-order valence-electron chi connectivity index (χ3n) is 5.13. The van der Waals surface area contributed by atoms with Crippen LogP contribution in [-0.4, -0.2) is 31.4 Å². The van der Waals surface area contributed by atoms with Crippen LogP contribution in [0.4, 0.5) is 0 Å². The molecule has 0 aliphatic carbocycles. The Morgan fingerprint density at radius 1 is 0.963 bits per heavy atom. The molecule has 0 bridgehead atoms. The van der Waals surface area contributed by atoms with Crippen molar-refractivity contribution < 1.29 is 23.6 Å². The number of carbonyl (C=O) groups excluding carboxylic acids is 1. The van der Waals surface area contributed by atoms with Crippen LogP contribution in [0.2, 0.25) is 0 Å². The largest absolute Gasteiger partial charge is 0.499 e. The van der Waals surface area contributed by atoms with Crippen LogP contribution in [0.25, 0.3) is 0 Å². The lowest BCUT2D eigenvalue weighted by Crippen LogP contribution is -2.41. The van der Waals surface area contributed by atoms with Crippen LogP contribution in [0.1, 0.15) is 43.6 Å². The number of aldehydes is 1. The molecule has 0 radical (unpaired) electrons. The summed E-state index contributed by atoms with van der Waals surface area (Å²) in [5, 5.41) is 0. The Bertz CT molecular complexity index is 772. The Morgan fingerprint density at radius 3 is 2.26 bits per heavy atom. The maximum atomic E-state index is 11.6. The van der Waals surface area contributed by atoms with Crippen molar-refractivity contribution in [3.8, 4) is 5.75 Å². The van der Waals surface area contributed by atoms with Crippen LogP contribution < -0.4 is 10.2 Å². The van der Waals surface area contributed by atoms with Gasteiger partial charge in [-0.3, -0.25) is 4.79 Å². The molecule has 1 heterocycles. The fraction of sp³-hybridized carbons (Fsp3) is 0.381. The molecule has 142 valence electrons. The van der Waals surface area contributed by atoms with Crippen molar-refractivity contribution in [2.45, 2.75) is 45.5 Å². The second kappa shape index (κ2) is 7.84. The van der Waals surface area contributed by atoms with Crippen LogP contribution in [-0.2, 0) is 20.7 Å². The van der Waals surface area contributed by atoms with E-state index in [1.807, 2.05) is 58.0 Å². The van der Waals surface area contributed by atoms with Crippen molar-refractivity contribution in [2.24, 2.45) is 0 Å². The topological polar surface area (TPSA) is 54.0 Å². The van der Waals surface area contributed by atoms with E-state index < -0.39 is 18.3 Å². The standard InChI is InChI=1S/C21H25BO5/c1-20(2)21(3,4)27-22(26-20)19-17(13-23)11-8-12-18(19)25-15-24-14-16-9-6-5-7-10-16/h5-13H,14-15H2,1-4H3. The SMILES string of the molecule is CC1(C)OB(c2c(C=O)cccc2OCOCc2ccccc2)OC1(C)C. The van der Waals surface area contributed by atoms with E-state index in [9.17, 15) is 4.79 Å². The van der Waals surface area contributed by atoms with E-state index in [4.69, 9.17) is 18.8 Å². The first-order valence-corrected chi connectivity index (χ1v) is 9.02. The van der Waals surface area contributed by atoms with Gasteiger partial charge < -0.3 is 18.8 Å². The van der Waals surface area contributed by atoms with E-state index in [2.05, 4.69) is 0 Å². The molecule has 27 heavy (non-hydrogen) atoms. The maximum Gasteiger partial charge on any atom is 0.499 e. The van der Waals surface area contributed by atoms with Gasteiger partial charge in [-0.2, -0.15) is 0 Å². The smallest absolute Gasteiger partial charge is 0.468 e. The number of benzene rings is 2. The van der Waals surface area contributed by atoms with Gasteiger partial charge in [0.1, 0.15) is 12.0 Å². The van der Waals surface area contributed by atoms with Gasteiger partial charge in [-0.1, -0.05) is 42.5 Å². The molecule has 1 saturated heterocycles. The van der Waals surface area contributed by atoms with Crippen molar-refractivity contribution in [2.75, 3.05) is 6.79 Å². The number of carbonyl (C=O) groups is 1. The van der Waals surface area contributed by atoms with E-state index in [-0.39, 0.29) is 6.79 Å². The molecule has 1 aliphatic heterocycles. The lowest BCUT2D eigenvalue weighted by atomic mass is 9.75. The van der Waals surface area contributed by atoms with E-state index in [0.717, 1.165) is 11.8 Å². The Morgan fingerprint density at radius 2 is 1.63 bits per heavy atom. The maximum absolute atomic E-state index is 11.6. The van der Waals surface area contributed by atoms with Crippen LogP contribution in [0.15, 0.2) is 48.5 Å². The molecule has 1 aliphatic rings. The lowest BCUT2D eigenvalue weighted by Gasteiger charge is -2.32. The first-order valence-electron chi connectivity index (χ1n) is 9.02. The van der Waals surface area contributed by atoms with Gasteiger partial charge in [0.2, 0.25) is 0 Å². The molecule has 0 amide bonds. The summed E-state index contributed by atoms with van der Waals surface area (Å²) in [7, 11) is -0.680. The van der Waals surface area contributed by atoms with Gasteiger partial charge in [-0.25, -0.2) is 0 Å². The second-order valence-corrected chi connectivity index (χ2v) is 7.56. The van der Waals surface area contributed by atoms with Gasteiger partial charge in [0.25, 0.3) is 0 Å². The predicted octanol–water partition coefficient (Wildman–Crippen LogP) is 3.35. The minimum Gasteiger partial charge on any atom is -0.468 e. The number of rotatable bonds is 7. The van der Waals surface area contributed by atoms with Crippen molar-refractivity contribution in [3.05, 3.63) is 59.7 Å². The van der Waals surface area contributed by atoms with Crippen molar-refractivity contribution in [1.29, 1.82) is 0 Å². The molecule has 0 spiro atoms. The van der Waals surface area contributed by atoms with Gasteiger partial charge in [-0.15, -0.1) is 0 Å². The zero-order valence-corrected chi connectivity index (χ0v) is 16.2. The molecular formula is C21H25BO5. The highest BCUT2D eigenvalue weighted by atomic mass is 16.7. The van der Waals surface area contributed by atoms with Gasteiger partial charge in [0, 0.05) is 11.0 Å². The highest BCUT2D eigenvalue weighted by Gasteiger charge is 2.53. The van der Waals surface area contributed by atoms with Crippen LogP contribution in [0, 0.1) is 0 Å². The summed E-state index contributed by atoms with van der Waals surface area (Å²) in [4.78, 5) is 11.6. The van der Waals surface area contributed by atoms with Crippen molar-refractivity contribution in [1.82, 2.24) is 0 Å². The summed E-state index contributed by atoms with van der Waals surface area (Å²) in [6.07, 6.45) is 0.790. The first-order chi connectivity index (χ1) is 12.8. The number of hydrogen-bond donors (Lipinski definition) is 0. The highest BCUT2D eigenvalue weighted by Crippen LogP contribution is 2.37. The minimum atomic E-state index is -0.680. The minimum absolute atomic E-state index is 0.0592. The van der Waals surface area contributed by atoms with Gasteiger partial charge in [-0.05, 0) is 39.3 Å². The Balaban J connectivity index is 1.73. The van der Waals surface area contributed by atoms with E-state index in [1.54, 1.807) is 18.2 Å². The number of ether oxygens (including phenoxy) is 2. The molecule has 0 atom stereocenters. The van der Waals surface area contributed by atoms with Gasteiger partial charge in [0.15, 0.2) is 6.79 Å². The van der Waals surface area contributed by atoms with Gasteiger partial charge in [0.05, 0.1) is 17.8 Å². The van der Waals surface area contributed by atoms with Crippen LogP contribution in [0.3, 0.4) is 0 Å². The lowest BCUT2D eigenvalue weighted by molar-refractivity contribution is 0.00546. The zero-order valence-electron chi connectivity index (χ0n) is 16.2. The average molecular weight is 368 g/mol.